The van der Waals surface area contributed by atoms with Gasteiger partial charge >= 0.3 is 5.97 Å². The molecule has 3 rings (SSSR count). The summed E-state index contributed by atoms with van der Waals surface area (Å²) < 4.78 is 10.6. The van der Waals surface area contributed by atoms with E-state index in [0.29, 0.717) is 16.3 Å². The number of primary amides is 1. The van der Waals surface area contributed by atoms with E-state index >= 15 is 0 Å². The fourth-order valence-corrected chi connectivity index (χ4v) is 4.42. The van der Waals surface area contributed by atoms with Crippen LogP contribution >= 0.6 is 11.3 Å². The van der Waals surface area contributed by atoms with Crippen LogP contribution in [0.3, 0.4) is 0 Å². The van der Waals surface area contributed by atoms with Crippen molar-refractivity contribution in [2.24, 2.45) is 5.73 Å². The summed E-state index contributed by atoms with van der Waals surface area (Å²) in [6, 6.07) is 7.29. The first-order chi connectivity index (χ1) is 13.3. The molecule has 0 saturated heterocycles. The molecule has 0 spiro atoms. The summed E-state index contributed by atoms with van der Waals surface area (Å²) in [6.07, 6.45) is 1.77. The van der Waals surface area contributed by atoms with Crippen LogP contribution in [-0.4, -0.2) is 30.5 Å². The molecule has 0 saturated carbocycles. The van der Waals surface area contributed by atoms with Gasteiger partial charge in [0.2, 0.25) is 0 Å². The fraction of sp³-hybridized carbons (Fsp3) is 0.350. The standard InChI is InChI=1S/C20H22N2O5S/c1-11-5-3-6-13(9-11)27-12(2)20(25)26-10-16(23)22-19-17(18(21)24)14-7-4-8-15(14)28-19/h3,5-6,9,12H,4,7-8,10H2,1-2H3,(H2,21,24)(H,22,23)/t12-/m0/s1. The zero-order valence-electron chi connectivity index (χ0n) is 15.7. The Labute approximate surface area is 166 Å². The zero-order chi connectivity index (χ0) is 20.3. The summed E-state index contributed by atoms with van der Waals surface area (Å²) in [6.45, 7) is 3.00. The highest BCUT2D eigenvalue weighted by molar-refractivity contribution is 7.17. The molecule has 1 aromatic carbocycles. The zero-order valence-corrected chi connectivity index (χ0v) is 16.6. The van der Waals surface area contributed by atoms with Crippen molar-refractivity contribution in [1.82, 2.24) is 0 Å². The van der Waals surface area contributed by atoms with Crippen molar-refractivity contribution in [2.45, 2.75) is 39.2 Å². The average molecular weight is 402 g/mol. The van der Waals surface area contributed by atoms with Gasteiger partial charge in [-0.15, -0.1) is 11.3 Å². The molecule has 148 valence electrons. The predicted octanol–water partition coefficient (Wildman–Crippen LogP) is 2.59. The van der Waals surface area contributed by atoms with E-state index in [1.165, 1.54) is 11.3 Å². The van der Waals surface area contributed by atoms with Gasteiger partial charge < -0.3 is 20.5 Å². The van der Waals surface area contributed by atoms with Crippen molar-refractivity contribution in [3.05, 3.63) is 45.8 Å². The van der Waals surface area contributed by atoms with Crippen LogP contribution in [0.1, 0.15) is 39.7 Å². The van der Waals surface area contributed by atoms with Gasteiger partial charge in [-0.3, -0.25) is 9.59 Å². The van der Waals surface area contributed by atoms with Crippen LogP contribution in [0.15, 0.2) is 24.3 Å². The number of aryl methyl sites for hydroxylation is 2. The summed E-state index contributed by atoms with van der Waals surface area (Å²) >= 11 is 1.35. The van der Waals surface area contributed by atoms with Crippen LogP contribution in [0.25, 0.3) is 0 Å². The van der Waals surface area contributed by atoms with Crippen molar-refractivity contribution in [2.75, 3.05) is 11.9 Å². The van der Waals surface area contributed by atoms with Crippen LogP contribution in [0.4, 0.5) is 5.00 Å². The molecule has 8 heteroatoms. The first-order valence-corrected chi connectivity index (χ1v) is 9.81. The van der Waals surface area contributed by atoms with Gasteiger partial charge in [0.25, 0.3) is 11.8 Å². The van der Waals surface area contributed by atoms with Crippen LogP contribution in [0, 0.1) is 6.92 Å². The molecule has 1 aliphatic rings. The van der Waals surface area contributed by atoms with Gasteiger partial charge in [-0.05, 0) is 56.4 Å². The van der Waals surface area contributed by atoms with Crippen molar-refractivity contribution < 1.29 is 23.9 Å². The fourth-order valence-electron chi connectivity index (χ4n) is 3.11. The lowest BCUT2D eigenvalue weighted by Crippen LogP contribution is -2.30. The Morgan fingerprint density at radius 1 is 1.29 bits per heavy atom. The van der Waals surface area contributed by atoms with Crippen LogP contribution in [0.2, 0.25) is 0 Å². The number of thiophene rings is 1. The Kier molecular flexibility index (Phi) is 5.99. The summed E-state index contributed by atoms with van der Waals surface area (Å²) in [5.41, 5.74) is 7.76. The number of nitrogens with two attached hydrogens (primary N) is 1. The summed E-state index contributed by atoms with van der Waals surface area (Å²) in [7, 11) is 0. The quantitative estimate of drug-likeness (QED) is 0.692. The smallest absolute Gasteiger partial charge is 0.347 e. The van der Waals surface area contributed by atoms with Crippen molar-refractivity contribution in [3.8, 4) is 5.75 Å². The number of nitrogens with one attached hydrogen (secondary N) is 1. The molecule has 1 aromatic heterocycles. The monoisotopic (exact) mass is 402 g/mol. The number of rotatable bonds is 7. The number of amides is 2. The van der Waals surface area contributed by atoms with Crippen LogP contribution in [-0.2, 0) is 27.2 Å². The Bertz CT molecular complexity index is 921. The number of ether oxygens (including phenoxy) is 2. The number of benzene rings is 1. The molecular weight excluding hydrogens is 380 g/mol. The topological polar surface area (TPSA) is 108 Å². The highest BCUT2D eigenvalue weighted by Gasteiger charge is 2.26. The lowest BCUT2D eigenvalue weighted by molar-refractivity contribution is -0.153. The van der Waals surface area contributed by atoms with E-state index < -0.39 is 30.5 Å². The Morgan fingerprint density at radius 3 is 2.79 bits per heavy atom. The van der Waals surface area contributed by atoms with E-state index in [0.717, 1.165) is 35.3 Å². The van der Waals surface area contributed by atoms with E-state index in [4.69, 9.17) is 15.2 Å². The maximum Gasteiger partial charge on any atom is 0.347 e. The maximum absolute atomic E-state index is 12.2. The predicted molar refractivity (Wildman–Crippen MR) is 106 cm³/mol. The van der Waals surface area contributed by atoms with Crippen molar-refractivity contribution in [3.63, 3.8) is 0 Å². The number of fused-ring (bicyclic) bond motifs is 1. The minimum atomic E-state index is -0.860. The normalized spacial score (nSPS) is 13.5. The van der Waals surface area contributed by atoms with E-state index in [2.05, 4.69) is 5.32 Å². The summed E-state index contributed by atoms with van der Waals surface area (Å²) in [5.74, 6) is -1.20. The molecule has 1 atom stereocenters. The number of hydrogen-bond acceptors (Lipinski definition) is 6. The minimum Gasteiger partial charge on any atom is -0.479 e. The minimum absolute atomic E-state index is 0.369. The second-order valence-electron chi connectivity index (χ2n) is 6.66. The molecule has 0 bridgehead atoms. The molecule has 0 unspecified atom stereocenters. The number of carbonyl (C=O) groups is 3. The molecule has 0 fully saturated rings. The lowest BCUT2D eigenvalue weighted by atomic mass is 10.1. The van der Waals surface area contributed by atoms with Gasteiger partial charge in [0, 0.05) is 4.88 Å². The maximum atomic E-state index is 12.2. The Balaban J connectivity index is 1.54. The van der Waals surface area contributed by atoms with Crippen LogP contribution < -0.4 is 15.8 Å². The van der Waals surface area contributed by atoms with E-state index in [1.807, 2.05) is 19.1 Å². The average Bonchev–Trinajstić information content (AvgIpc) is 3.19. The largest absolute Gasteiger partial charge is 0.479 e. The molecule has 2 aromatic rings. The van der Waals surface area contributed by atoms with Crippen LogP contribution in [0.5, 0.6) is 5.75 Å². The molecule has 28 heavy (non-hydrogen) atoms. The summed E-state index contributed by atoms with van der Waals surface area (Å²) in [5, 5.41) is 3.05. The number of anilines is 1. The Morgan fingerprint density at radius 2 is 2.07 bits per heavy atom. The molecule has 0 aliphatic heterocycles. The molecular formula is C20H22N2O5S. The van der Waals surface area contributed by atoms with Crippen molar-refractivity contribution >= 4 is 34.1 Å². The number of esters is 1. The second-order valence-corrected chi connectivity index (χ2v) is 7.76. The van der Waals surface area contributed by atoms with Gasteiger partial charge in [-0.1, -0.05) is 12.1 Å². The van der Waals surface area contributed by atoms with Gasteiger partial charge in [0.05, 0.1) is 5.56 Å². The van der Waals surface area contributed by atoms with E-state index in [-0.39, 0.29) is 0 Å². The third-order valence-electron chi connectivity index (χ3n) is 4.40. The first-order valence-electron chi connectivity index (χ1n) is 8.99. The highest BCUT2D eigenvalue weighted by atomic mass is 32.1. The molecule has 2 amide bonds. The summed E-state index contributed by atoms with van der Waals surface area (Å²) in [4.78, 5) is 37.1. The van der Waals surface area contributed by atoms with Crippen molar-refractivity contribution in [1.29, 1.82) is 0 Å². The van der Waals surface area contributed by atoms with Gasteiger partial charge in [0.15, 0.2) is 12.7 Å². The highest BCUT2D eigenvalue weighted by Crippen LogP contribution is 2.38. The van der Waals surface area contributed by atoms with Gasteiger partial charge in [-0.2, -0.15) is 0 Å². The lowest BCUT2D eigenvalue weighted by Gasteiger charge is -2.14. The SMILES string of the molecule is Cc1cccc(O[C@@H](C)C(=O)OCC(=O)Nc2sc3c(c2C(N)=O)CCC3)c1. The molecule has 3 N–H and O–H groups in total. The molecule has 7 nitrogen and oxygen atoms in total. The third kappa shape index (κ3) is 4.51. The third-order valence-corrected chi connectivity index (χ3v) is 5.61. The molecule has 1 aliphatic carbocycles. The van der Waals surface area contributed by atoms with E-state index in [9.17, 15) is 14.4 Å². The van der Waals surface area contributed by atoms with Gasteiger partial charge in [0.1, 0.15) is 10.8 Å². The second kappa shape index (κ2) is 8.43. The molecule has 1 heterocycles. The number of hydrogen-bond donors (Lipinski definition) is 2. The van der Waals surface area contributed by atoms with E-state index in [1.54, 1.807) is 19.1 Å². The first kappa shape index (κ1) is 19.9. The number of carbonyl (C=O) groups excluding carboxylic acids is 3. The molecule has 0 radical (unpaired) electrons. The Hall–Kier alpha value is -2.87. The van der Waals surface area contributed by atoms with Gasteiger partial charge in [-0.25, -0.2) is 4.79 Å².